The zero-order valence-corrected chi connectivity index (χ0v) is 10.3. The Kier molecular flexibility index (Phi) is 3.13. The first-order chi connectivity index (χ1) is 8.10. The van der Waals surface area contributed by atoms with Crippen molar-refractivity contribution in [3.05, 3.63) is 40.0 Å². The summed E-state index contributed by atoms with van der Waals surface area (Å²) in [5.41, 5.74) is 0.631. The van der Waals surface area contributed by atoms with Gasteiger partial charge in [-0.1, -0.05) is 20.8 Å². The maximum absolute atomic E-state index is 11.5. The second-order valence-corrected chi connectivity index (χ2v) is 4.29. The second-order valence-electron chi connectivity index (χ2n) is 4.29. The highest BCUT2D eigenvalue weighted by Gasteiger charge is 2.10. The lowest BCUT2D eigenvalue weighted by atomic mass is 10.1. The molecule has 2 rings (SSSR count). The summed E-state index contributed by atoms with van der Waals surface area (Å²) in [4.78, 5) is 18.6. The largest absolute Gasteiger partial charge is 0.458 e. The van der Waals surface area contributed by atoms with Crippen molar-refractivity contribution in [1.29, 1.82) is 0 Å². The molecule has 2 heterocycles. The van der Waals surface area contributed by atoms with E-state index in [-0.39, 0.29) is 11.5 Å². The molecule has 17 heavy (non-hydrogen) atoms. The molecule has 0 aliphatic heterocycles. The lowest BCUT2D eigenvalue weighted by Crippen LogP contribution is -2.10. The standard InChI is InChI=1S/C13H16N2O2/c1-4-9-5-6-11(17-9)13-14-10(8(2)3)7-12(16)15-13/h5-8H,4H2,1-3H3,(H,14,15,16). The van der Waals surface area contributed by atoms with Gasteiger partial charge in [-0.05, 0) is 18.1 Å². The Morgan fingerprint density at radius 3 is 2.76 bits per heavy atom. The molecule has 90 valence electrons. The Morgan fingerprint density at radius 2 is 2.18 bits per heavy atom. The molecule has 0 aromatic carbocycles. The van der Waals surface area contributed by atoms with Gasteiger partial charge >= 0.3 is 0 Å². The van der Waals surface area contributed by atoms with E-state index in [4.69, 9.17) is 4.42 Å². The van der Waals surface area contributed by atoms with Gasteiger partial charge in [-0.3, -0.25) is 4.79 Å². The lowest BCUT2D eigenvalue weighted by Gasteiger charge is -2.04. The van der Waals surface area contributed by atoms with Crippen LogP contribution in [-0.4, -0.2) is 9.97 Å². The monoisotopic (exact) mass is 232 g/mol. The van der Waals surface area contributed by atoms with Crippen LogP contribution in [0.1, 0.15) is 38.1 Å². The number of aryl methyl sites for hydroxylation is 1. The van der Waals surface area contributed by atoms with Crippen LogP contribution >= 0.6 is 0 Å². The quantitative estimate of drug-likeness (QED) is 0.885. The maximum Gasteiger partial charge on any atom is 0.251 e. The van der Waals surface area contributed by atoms with E-state index in [9.17, 15) is 4.79 Å². The van der Waals surface area contributed by atoms with Crippen molar-refractivity contribution < 1.29 is 4.42 Å². The number of nitrogens with one attached hydrogen (secondary N) is 1. The van der Waals surface area contributed by atoms with Gasteiger partial charge in [-0.25, -0.2) is 4.98 Å². The molecule has 0 atom stereocenters. The zero-order chi connectivity index (χ0) is 12.4. The van der Waals surface area contributed by atoms with E-state index in [1.54, 1.807) is 0 Å². The molecule has 0 saturated carbocycles. The topological polar surface area (TPSA) is 58.9 Å². The van der Waals surface area contributed by atoms with E-state index in [1.807, 2.05) is 32.9 Å². The third-order valence-electron chi connectivity index (χ3n) is 2.60. The van der Waals surface area contributed by atoms with E-state index < -0.39 is 0 Å². The Labute approximate surface area is 99.7 Å². The SMILES string of the molecule is CCc1ccc(-c2nc(C(C)C)cc(=O)[nH]2)o1. The Hall–Kier alpha value is -1.84. The fraction of sp³-hybridized carbons (Fsp3) is 0.385. The van der Waals surface area contributed by atoms with E-state index in [1.165, 1.54) is 6.07 Å². The smallest absolute Gasteiger partial charge is 0.251 e. The summed E-state index contributed by atoms with van der Waals surface area (Å²) in [6.07, 6.45) is 0.827. The fourth-order valence-corrected chi connectivity index (χ4v) is 1.58. The van der Waals surface area contributed by atoms with Crippen molar-refractivity contribution in [2.45, 2.75) is 33.1 Å². The molecular formula is C13H16N2O2. The predicted octanol–water partition coefficient (Wildman–Crippen LogP) is 2.72. The summed E-state index contributed by atoms with van der Waals surface area (Å²) >= 11 is 0. The van der Waals surface area contributed by atoms with Gasteiger partial charge in [0.2, 0.25) is 0 Å². The number of nitrogens with zero attached hydrogens (tertiary/aromatic N) is 1. The average Bonchev–Trinajstić information content (AvgIpc) is 2.76. The Bertz CT molecular complexity index is 567. The molecule has 1 N–H and O–H groups in total. The number of H-pyrrole nitrogens is 1. The molecule has 2 aromatic heterocycles. The molecule has 0 saturated heterocycles. The van der Waals surface area contributed by atoms with Crippen molar-refractivity contribution in [3.8, 4) is 11.6 Å². The summed E-state index contributed by atoms with van der Waals surface area (Å²) in [6, 6.07) is 5.26. The molecule has 0 spiro atoms. The molecule has 0 fully saturated rings. The Balaban J connectivity index is 2.48. The molecule has 0 amide bonds. The molecule has 0 radical (unpaired) electrons. The summed E-state index contributed by atoms with van der Waals surface area (Å²) < 4.78 is 5.58. The van der Waals surface area contributed by atoms with Crippen molar-refractivity contribution >= 4 is 0 Å². The minimum atomic E-state index is -0.145. The molecule has 2 aromatic rings. The number of aromatic amines is 1. The van der Waals surface area contributed by atoms with Gasteiger partial charge < -0.3 is 9.40 Å². The summed E-state index contributed by atoms with van der Waals surface area (Å²) in [5, 5.41) is 0. The molecule has 0 aliphatic rings. The second kappa shape index (κ2) is 4.57. The van der Waals surface area contributed by atoms with Gasteiger partial charge in [0, 0.05) is 12.5 Å². The molecule has 4 nitrogen and oxygen atoms in total. The molecule has 0 aliphatic carbocycles. The maximum atomic E-state index is 11.5. The molecular weight excluding hydrogens is 216 g/mol. The number of aromatic nitrogens is 2. The third-order valence-corrected chi connectivity index (χ3v) is 2.60. The van der Waals surface area contributed by atoms with Gasteiger partial charge in [0.05, 0.1) is 5.69 Å². The number of hydrogen-bond donors (Lipinski definition) is 1. The fourth-order valence-electron chi connectivity index (χ4n) is 1.58. The van der Waals surface area contributed by atoms with Crippen LogP contribution in [0.5, 0.6) is 0 Å². The highest BCUT2D eigenvalue weighted by molar-refractivity contribution is 5.47. The average molecular weight is 232 g/mol. The van der Waals surface area contributed by atoms with Crippen molar-refractivity contribution in [2.75, 3.05) is 0 Å². The van der Waals surface area contributed by atoms with E-state index in [0.717, 1.165) is 17.9 Å². The van der Waals surface area contributed by atoms with Crippen LogP contribution in [0.4, 0.5) is 0 Å². The van der Waals surface area contributed by atoms with Gasteiger partial charge in [0.1, 0.15) is 5.76 Å². The van der Waals surface area contributed by atoms with Gasteiger partial charge in [-0.15, -0.1) is 0 Å². The van der Waals surface area contributed by atoms with Gasteiger partial charge in [0.25, 0.3) is 5.56 Å². The highest BCUT2D eigenvalue weighted by atomic mass is 16.3. The zero-order valence-electron chi connectivity index (χ0n) is 10.3. The van der Waals surface area contributed by atoms with E-state index >= 15 is 0 Å². The minimum absolute atomic E-state index is 0.145. The van der Waals surface area contributed by atoms with Gasteiger partial charge in [-0.2, -0.15) is 0 Å². The van der Waals surface area contributed by atoms with Crippen LogP contribution in [0.15, 0.2) is 27.4 Å². The van der Waals surface area contributed by atoms with Crippen LogP contribution in [0.3, 0.4) is 0 Å². The first-order valence-electron chi connectivity index (χ1n) is 5.80. The van der Waals surface area contributed by atoms with Crippen molar-refractivity contribution in [2.24, 2.45) is 0 Å². The summed E-state index contributed by atoms with van der Waals surface area (Å²) in [5.74, 6) is 2.22. The third kappa shape index (κ3) is 2.46. The van der Waals surface area contributed by atoms with Gasteiger partial charge in [0.15, 0.2) is 11.6 Å². The number of rotatable bonds is 3. The lowest BCUT2D eigenvalue weighted by molar-refractivity contribution is 0.524. The normalized spacial score (nSPS) is 11.1. The van der Waals surface area contributed by atoms with E-state index in [0.29, 0.717) is 11.6 Å². The van der Waals surface area contributed by atoms with Crippen LogP contribution in [0, 0.1) is 0 Å². The summed E-state index contributed by atoms with van der Waals surface area (Å²) in [7, 11) is 0. The Morgan fingerprint density at radius 1 is 1.41 bits per heavy atom. The van der Waals surface area contributed by atoms with E-state index in [2.05, 4.69) is 9.97 Å². The van der Waals surface area contributed by atoms with Crippen LogP contribution in [0.2, 0.25) is 0 Å². The van der Waals surface area contributed by atoms with Crippen LogP contribution in [0.25, 0.3) is 11.6 Å². The summed E-state index contributed by atoms with van der Waals surface area (Å²) in [6.45, 7) is 6.03. The molecule has 0 bridgehead atoms. The number of furan rings is 1. The minimum Gasteiger partial charge on any atom is -0.458 e. The van der Waals surface area contributed by atoms with Crippen molar-refractivity contribution in [3.63, 3.8) is 0 Å². The highest BCUT2D eigenvalue weighted by Crippen LogP contribution is 2.19. The van der Waals surface area contributed by atoms with Crippen LogP contribution in [-0.2, 0) is 6.42 Å². The molecule has 4 heteroatoms. The van der Waals surface area contributed by atoms with Crippen molar-refractivity contribution in [1.82, 2.24) is 9.97 Å². The molecule has 0 unspecified atom stereocenters. The first-order valence-corrected chi connectivity index (χ1v) is 5.80. The predicted molar refractivity (Wildman–Crippen MR) is 66.0 cm³/mol. The first kappa shape index (κ1) is 11.6. The van der Waals surface area contributed by atoms with Crippen LogP contribution < -0.4 is 5.56 Å². The number of hydrogen-bond acceptors (Lipinski definition) is 3.